The Hall–Kier alpha value is -1.10. The van der Waals surface area contributed by atoms with Gasteiger partial charge in [0.1, 0.15) is 0 Å². The van der Waals surface area contributed by atoms with E-state index in [9.17, 15) is 13.6 Å². The van der Waals surface area contributed by atoms with Gasteiger partial charge in [-0.25, -0.2) is 8.78 Å². The van der Waals surface area contributed by atoms with Gasteiger partial charge >= 0.3 is 0 Å². The number of nitrogens with zero attached hydrogens (tertiary/aromatic N) is 1. The Bertz CT molecular complexity index is 501. The van der Waals surface area contributed by atoms with Crippen molar-refractivity contribution < 1.29 is 13.6 Å². The Balaban J connectivity index is 1.84. The van der Waals surface area contributed by atoms with Crippen LogP contribution in [0, 0.1) is 17.6 Å². The highest BCUT2D eigenvalue weighted by Crippen LogP contribution is 2.27. The monoisotopic (exact) mass is 313 g/mol. The molecule has 1 aliphatic rings. The van der Waals surface area contributed by atoms with Crippen LogP contribution >= 0.6 is 11.8 Å². The third-order valence-corrected chi connectivity index (χ3v) is 5.16. The number of benzene rings is 1. The smallest absolute Gasteiger partial charge is 0.232 e. The van der Waals surface area contributed by atoms with Crippen LogP contribution in [0.25, 0.3) is 0 Å². The summed E-state index contributed by atoms with van der Waals surface area (Å²) in [7, 11) is 1.84. The molecule has 0 atom stereocenters. The highest BCUT2D eigenvalue weighted by atomic mass is 32.2. The minimum absolute atomic E-state index is 0.0456. The maximum atomic E-state index is 13.1. The van der Waals surface area contributed by atoms with Crippen molar-refractivity contribution in [3.05, 3.63) is 29.8 Å². The van der Waals surface area contributed by atoms with Crippen LogP contribution in [0.2, 0.25) is 0 Å². The van der Waals surface area contributed by atoms with Crippen LogP contribution < -0.4 is 0 Å². The number of hydrogen-bond acceptors (Lipinski definition) is 2. The van der Waals surface area contributed by atoms with Gasteiger partial charge in [0.15, 0.2) is 11.6 Å². The summed E-state index contributed by atoms with van der Waals surface area (Å²) in [5, 5.41) is 0. The van der Waals surface area contributed by atoms with Gasteiger partial charge in [0.2, 0.25) is 5.91 Å². The molecule has 1 amide bonds. The molecule has 0 N–H and O–H groups in total. The first-order chi connectivity index (χ1) is 9.97. The molecule has 2 nitrogen and oxygen atoms in total. The number of rotatable bonds is 4. The van der Waals surface area contributed by atoms with E-state index < -0.39 is 11.6 Å². The van der Waals surface area contributed by atoms with E-state index in [1.54, 1.807) is 0 Å². The summed E-state index contributed by atoms with van der Waals surface area (Å²) in [5.74, 6) is -0.681. The summed E-state index contributed by atoms with van der Waals surface area (Å²) in [4.78, 5) is 14.6. The summed E-state index contributed by atoms with van der Waals surface area (Å²) in [6, 6.07) is 4.04. The lowest BCUT2D eigenvalue weighted by atomic mass is 9.87. The predicted octanol–water partition coefficient (Wildman–Crippen LogP) is 4.09. The summed E-state index contributed by atoms with van der Waals surface area (Å²) in [6.45, 7) is 2.25. The number of thioether (sulfide) groups is 1. The number of halogens is 2. The molecule has 1 aliphatic carbocycles. The molecular weight excluding hydrogens is 292 g/mol. The maximum absolute atomic E-state index is 13.1. The van der Waals surface area contributed by atoms with Gasteiger partial charge in [-0.15, -0.1) is 11.8 Å². The van der Waals surface area contributed by atoms with E-state index in [1.165, 1.54) is 30.7 Å². The van der Waals surface area contributed by atoms with E-state index >= 15 is 0 Å². The molecule has 1 aromatic rings. The van der Waals surface area contributed by atoms with Gasteiger partial charge in [-0.05, 0) is 49.8 Å². The third-order valence-electron chi connectivity index (χ3n) is 4.18. The zero-order valence-electron chi connectivity index (χ0n) is 12.4. The first-order valence-corrected chi connectivity index (χ1v) is 8.29. The minimum atomic E-state index is -0.873. The van der Waals surface area contributed by atoms with E-state index in [1.807, 2.05) is 11.9 Å². The van der Waals surface area contributed by atoms with E-state index in [-0.39, 0.29) is 11.7 Å². The summed E-state index contributed by atoms with van der Waals surface area (Å²) >= 11 is 1.25. The fourth-order valence-corrected chi connectivity index (χ4v) is 3.49. The van der Waals surface area contributed by atoms with Gasteiger partial charge in [0, 0.05) is 18.0 Å². The number of amides is 1. The molecule has 0 bridgehead atoms. The van der Waals surface area contributed by atoms with Crippen molar-refractivity contribution in [2.24, 2.45) is 5.92 Å². The van der Waals surface area contributed by atoms with Gasteiger partial charge in [0.25, 0.3) is 0 Å². The molecule has 1 saturated carbocycles. The van der Waals surface area contributed by atoms with Crippen LogP contribution in [-0.4, -0.2) is 29.6 Å². The fraction of sp³-hybridized carbons (Fsp3) is 0.562. The summed E-state index contributed by atoms with van der Waals surface area (Å²) in [5.41, 5.74) is 0. The fourth-order valence-electron chi connectivity index (χ4n) is 2.65. The molecule has 0 unspecified atom stereocenters. The van der Waals surface area contributed by atoms with Crippen LogP contribution in [0.5, 0.6) is 0 Å². The first kappa shape index (κ1) is 16.3. The third kappa shape index (κ3) is 4.43. The van der Waals surface area contributed by atoms with Crippen molar-refractivity contribution in [3.63, 3.8) is 0 Å². The Morgan fingerprint density at radius 2 is 1.90 bits per heavy atom. The molecule has 2 rings (SSSR count). The second kappa shape index (κ2) is 7.25. The summed E-state index contributed by atoms with van der Waals surface area (Å²) in [6.07, 6.45) is 4.44. The van der Waals surface area contributed by atoms with E-state index in [0.717, 1.165) is 30.9 Å². The SMILES string of the molecule is CC1CCC(N(C)C(=O)CSc2ccc(F)c(F)c2)CC1. The van der Waals surface area contributed by atoms with Crippen LogP contribution in [0.4, 0.5) is 8.78 Å². The Morgan fingerprint density at radius 3 is 2.52 bits per heavy atom. The van der Waals surface area contributed by atoms with Gasteiger partial charge in [-0.1, -0.05) is 6.92 Å². The Kier molecular flexibility index (Phi) is 5.62. The number of carbonyl (C=O) groups excluding carboxylic acids is 1. The second-order valence-electron chi connectivity index (χ2n) is 5.78. The highest BCUT2D eigenvalue weighted by Gasteiger charge is 2.24. The van der Waals surface area contributed by atoms with E-state index in [0.29, 0.717) is 10.9 Å². The lowest BCUT2D eigenvalue weighted by Crippen LogP contribution is -2.40. The highest BCUT2D eigenvalue weighted by molar-refractivity contribution is 8.00. The minimum Gasteiger partial charge on any atom is -0.342 e. The number of carbonyl (C=O) groups is 1. The molecule has 21 heavy (non-hydrogen) atoms. The molecule has 0 heterocycles. The molecule has 0 radical (unpaired) electrons. The zero-order valence-corrected chi connectivity index (χ0v) is 13.3. The van der Waals surface area contributed by atoms with Gasteiger partial charge in [-0.3, -0.25) is 4.79 Å². The van der Waals surface area contributed by atoms with Crippen molar-refractivity contribution in [3.8, 4) is 0 Å². The predicted molar refractivity (Wildman–Crippen MR) is 81.3 cm³/mol. The average Bonchev–Trinajstić information content (AvgIpc) is 2.48. The Labute approximate surface area is 128 Å². The normalized spacial score (nSPS) is 22.1. The molecule has 0 saturated heterocycles. The second-order valence-corrected chi connectivity index (χ2v) is 6.83. The van der Waals surface area contributed by atoms with Crippen LogP contribution in [0.15, 0.2) is 23.1 Å². The van der Waals surface area contributed by atoms with Crippen molar-refractivity contribution in [2.75, 3.05) is 12.8 Å². The number of hydrogen-bond donors (Lipinski definition) is 0. The standard InChI is InChI=1S/C16H21F2NOS/c1-11-3-5-12(6-4-11)19(2)16(20)10-21-13-7-8-14(17)15(18)9-13/h7-9,11-12H,3-6,10H2,1-2H3. The molecule has 116 valence electrons. The van der Waals surface area contributed by atoms with Crippen molar-refractivity contribution in [2.45, 2.75) is 43.5 Å². The van der Waals surface area contributed by atoms with Gasteiger partial charge < -0.3 is 4.90 Å². The van der Waals surface area contributed by atoms with Crippen molar-refractivity contribution in [1.82, 2.24) is 4.90 Å². The molecule has 0 aromatic heterocycles. The lowest BCUT2D eigenvalue weighted by molar-refractivity contribution is -0.129. The molecular formula is C16H21F2NOS. The molecule has 1 fully saturated rings. The van der Waals surface area contributed by atoms with Crippen LogP contribution in [-0.2, 0) is 4.79 Å². The summed E-state index contributed by atoms with van der Waals surface area (Å²) < 4.78 is 25.9. The lowest BCUT2D eigenvalue weighted by Gasteiger charge is -2.33. The zero-order chi connectivity index (χ0) is 15.4. The molecule has 0 aliphatic heterocycles. The molecule has 1 aromatic carbocycles. The Morgan fingerprint density at radius 1 is 1.24 bits per heavy atom. The van der Waals surface area contributed by atoms with E-state index in [4.69, 9.17) is 0 Å². The topological polar surface area (TPSA) is 20.3 Å². The van der Waals surface area contributed by atoms with Crippen LogP contribution in [0.3, 0.4) is 0 Å². The molecule has 5 heteroatoms. The average molecular weight is 313 g/mol. The van der Waals surface area contributed by atoms with Gasteiger partial charge in [0.05, 0.1) is 5.75 Å². The largest absolute Gasteiger partial charge is 0.342 e. The first-order valence-electron chi connectivity index (χ1n) is 7.31. The molecule has 0 spiro atoms. The van der Waals surface area contributed by atoms with E-state index in [2.05, 4.69) is 6.92 Å². The van der Waals surface area contributed by atoms with Crippen LogP contribution in [0.1, 0.15) is 32.6 Å². The quantitative estimate of drug-likeness (QED) is 0.780. The van der Waals surface area contributed by atoms with Crippen molar-refractivity contribution >= 4 is 17.7 Å². The maximum Gasteiger partial charge on any atom is 0.232 e. The van der Waals surface area contributed by atoms with Crippen molar-refractivity contribution in [1.29, 1.82) is 0 Å². The van der Waals surface area contributed by atoms with Gasteiger partial charge in [-0.2, -0.15) is 0 Å².